The third-order valence-corrected chi connectivity index (χ3v) is 6.01. The van der Waals surface area contributed by atoms with Gasteiger partial charge in [-0.15, -0.1) is 0 Å². The molecule has 5 heteroatoms. The standard InChI is InChI=1S/C26H22ClN3O/c1-16-3-5-19-14-20-11-12-30(25(20)28-24(19)13-16)22-9-6-18(7-10-22)26(31)29-23-15-21(27)8-4-17(23)2/h3-10,13-15H,11-12H2,1-2H3,(H,29,31). The van der Waals surface area contributed by atoms with Crippen molar-refractivity contribution in [2.45, 2.75) is 20.3 Å². The lowest BCUT2D eigenvalue weighted by Gasteiger charge is -2.19. The predicted octanol–water partition coefficient (Wildman–Crippen LogP) is 6.45. The third-order valence-electron chi connectivity index (χ3n) is 5.78. The first-order chi connectivity index (χ1) is 15.0. The largest absolute Gasteiger partial charge is 0.326 e. The maximum atomic E-state index is 12.7. The Balaban J connectivity index is 1.40. The van der Waals surface area contributed by atoms with Gasteiger partial charge in [-0.3, -0.25) is 4.79 Å². The van der Waals surface area contributed by atoms with Crippen LogP contribution in [-0.2, 0) is 6.42 Å². The van der Waals surface area contributed by atoms with E-state index >= 15 is 0 Å². The van der Waals surface area contributed by atoms with E-state index in [4.69, 9.17) is 16.6 Å². The summed E-state index contributed by atoms with van der Waals surface area (Å²) in [5.74, 6) is 0.850. The van der Waals surface area contributed by atoms with Gasteiger partial charge in [0.15, 0.2) is 0 Å². The van der Waals surface area contributed by atoms with Crippen LogP contribution in [0.25, 0.3) is 10.9 Å². The lowest BCUT2D eigenvalue weighted by Crippen LogP contribution is -2.16. The Morgan fingerprint density at radius 3 is 2.61 bits per heavy atom. The van der Waals surface area contributed by atoms with Gasteiger partial charge >= 0.3 is 0 Å². The van der Waals surface area contributed by atoms with Crippen molar-refractivity contribution in [3.05, 3.63) is 94.0 Å². The number of aryl methyl sites for hydroxylation is 2. The summed E-state index contributed by atoms with van der Waals surface area (Å²) in [6.07, 6.45) is 0.961. The van der Waals surface area contributed by atoms with Crippen LogP contribution in [0.1, 0.15) is 27.0 Å². The molecule has 0 saturated carbocycles. The summed E-state index contributed by atoms with van der Waals surface area (Å²) in [5, 5.41) is 4.72. The molecule has 1 aromatic heterocycles. The molecule has 3 aromatic carbocycles. The first-order valence-electron chi connectivity index (χ1n) is 10.3. The molecule has 1 aliphatic heterocycles. The van der Waals surface area contributed by atoms with Gasteiger partial charge in [0.1, 0.15) is 5.82 Å². The Morgan fingerprint density at radius 1 is 1.00 bits per heavy atom. The first-order valence-corrected chi connectivity index (χ1v) is 10.7. The van der Waals surface area contributed by atoms with E-state index in [1.807, 2.05) is 43.3 Å². The van der Waals surface area contributed by atoms with E-state index in [1.165, 1.54) is 16.5 Å². The van der Waals surface area contributed by atoms with Crippen LogP contribution in [0.3, 0.4) is 0 Å². The van der Waals surface area contributed by atoms with Crippen molar-refractivity contribution < 1.29 is 4.79 Å². The summed E-state index contributed by atoms with van der Waals surface area (Å²) in [6.45, 7) is 4.91. The smallest absolute Gasteiger partial charge is 0.255 e. The Kier molecular flexibility index (Phi) is 4.87. The van der Waals surface area contributed by atoms with Gasteiger partial charge in [0.05, 0.1) is 5.52 Å². The number of fused-ring (bicyclic) bond motifs is 2. The van der Waals surface area contributed by atoms with Gasteiger partial charge in [0, 0.05) is 33.9 Å². The number of benzene rings is 3. The molecule has 2 heterocycles. The minimum absolute atomic E-state index is 0.154. The molecule has 1 aliphatic rings. The average molecular weight is 428 g/mol. The molecule has 31 heavy (non-hydrogen) atoms. The molecule has 154 valence electrons. The number of carbonyl (C=O) groups is 1. The summed E-state index contributed by atoms with van der Waals surface area (Å²) < 4.78 is 0. The summed E-state index contributed by atoms with van der Waals surface area (Å²) in [4.78, 5) is 19.9. The minimum atomic E-state index is -0.154. The van der Waals surface area contributed by atoms with Crippen LogP contribution in [0.2, 0.25) is 5.02 Å². The molecule has 1 N–H and O–H groups in total. The van der Waals surface area contributed by atoms with E-state index in [1.54, 1.807) is 6.07 Å². The molecule has 0 bridgehead atoms. The van der Waals surface area contributed by atoms with Gasteiger partial charge in [0.2, 0.25) is 0 Å². The van der Waals surface area contributed by atoms with E-state index in [0.29, 0.717) is 10.6 Å². The molecular weight excluding hydrogens is 406 g/mol. The van der Waals surface area contributed by atoms with Crippen LogP contribution in [0, 0.1) is 13.8 Å². The summed E-state index contributed by atoms with van der Waals surface area (Å²) in [7, 11) is 0. The van der Waals surface area contributed by atoms with Crippen molar-refractivity contribution in [1.29, 1.82) is 0 Å². The molecule has 5 rings (SSSR count). The van der Waals surface area contributed by atoms with Gasteiger partial charge in [-0.1, -0.05) is 29.8 Å². The second-order valence-corrected chi connectivity index (χ2v) is 8.47. The highest BCUT2D eigenvalue weighted by molar-refractivity contribution is 6.31. The second kappa shape index (κ2) is 7.71. The number of anilines is 3. The lowest BCUT2D eigenvalue weighted by atomic mass is 10.1. The maximum Gasteiger partial charge on any atom is 0.255 e. The lowest BCUT2D eigenvalue weighted by molar-refractivity contribution is 0.102. The van der Waals surface area contributed by atoms with Crippen LogP contribution in [0.15, 0.2) is 66.7 Å². The van der Waals surface area contributed by atoms with Crippen LogP contribution in [0.5, 0.6) is 0 Å². The van der Waals surface area contributed by atoms with Gasteiger partial charge in [-0.05, 0) is 85.5 Å². The van der Waals surface area contributed by atoms with Crippen molar-refractivity contribution in [2.75, 3.05) is 16.8 Å². The SMILES string of the molecule is Cc1ccc2cc3c(nc2c1)N(c1ccc(C(=O)Nc2cc(Cl)ccc2C)cc1)CC3. The van der Waals surface area contributed by atoms with Crippen molar-refractivity contribution in [2.24, 2.45) is 0 Å². The zero-order chi connectivity index (χ0) is 21.5. The number of hydrogen-bond acceptors (Lipinski definition) is 3. The number of halogens is 1. The fraction of sp³-hybridized carbons (Fsp3) is 0.154. The van der Waals surface area contributed by atoms with E-state index in [-0.39, 0.29) is 5.91 Å². The molecule has 0 atom stereocenters. The molecule has 1 amide bonds. The minimum Gasteiger partial charge on any atom is -0.326 e. The van der Waals surface area contributed by atoms with Gasteiger partial charge in [-0.25, -0.2) is 4.98 Å². The van der Waals surface area contributed by atoms with Gasteiger partial charge < -0.3 is 10.2 Å². The molecule has 0 unspecified atom stereocenters. The van der Waals surface area contributed by atoms with Gasteiger partial charge in [0.25, 0.3) is 5.91 Å². The third kappa shape index (κ3) is 3.75. The molecule has 0 aliphatic carbocycles. The van der Waals surface area contributed by atoms with Crippen LogP contribution < -0.4 is 10.2 Å². The number of hydrogen-bond donors (Lipinski definition) is 1. The highest BCUT2D eigenvalue weighted by atomic mass is 35.5. The molecular formula is C26H22ClN3O. The number of carbonyl (C=O) groups excluding carboxylic acids is 1. The fourth-order valence-electron chi connectivity index (χ4n) is 4.03. The highest BCUT2D eigenvalue weighted by Gasteiger charge is 2.23. The molecule has 4 nitrogen and oxygen atoms in total. The maximum absolute atomic E-state index is 12.7. The van der Waals surface area contributed by atoms with Crippen molar-refractivity contribution in [3.8, 4) is 0 Å². The van der Waals surface area contributed by atoms with E-state index in [9.17, 15) is 4.79 Å². The number of amides is 1. The van der Waals surface area contributed by atoms with Crippen LogP contribution >= 0.6 is 11.6 Å². The quantitative estimate of drug-likeness (QED) is 0.408. The van der Waals surface area contributed by atoms with E-state index < -0.39 is 0 Å². The Bertz CT molecular complexity index is 1310. The summed E-state index contributed by atoms with van der Waals surface area (Å²) in [5.41, 5.74) is 6.80. The molecule has 0 saturated heterocycles. The van der Waals surface area contributed by atoms with E-state index in [0.717, 1.165) is 41.2 Å². The molecule has 0 spiro atoms. The monoisotopic (exact) mass is 427 g/mol. The van der Waals surface area contributed by atoms with Crippen LogP contribution in [-0.4, -0.2) is 17.4 Å². The van der Waals surface area contributed by atoms with Gasteiger partial charge in [-0.2, -0.15) is 0 Å². The number of aromatic nitrogens is 1. The molecule has 0 fully saturated rings. The Hall–Kier alpha value is -3.37. The predicted molar refractivity (Wildman–Crippen MR) is 128 cm³/mol. The molecule has 0 radical (unpaired) electrons. The first kappa shape index (κ1) is 19.6. The van der Waals surface area contributed by atoms with E-state index in [2.05, 4.69) is 41.4 Å². The highest BCUT2D eigenvalue weighted by Crippen LogP contribution is 2.35. The number of pyridine rings is 1. The average Bonchev–Trinajstić information content (AvgIpc) is 3.17. The Morgan fingerprint density at radius 2 is 1.81 bits per heavy atom. The Labute approximate surface area is 186 Å². The topological polar surface area (TPSA) is 45.2 Å². The van der Waals surface area contributed by atoms with Crippen molar-refractivity contribution in [3.63, 3.8) is 0 Å². The second-order valence-electron chi connectivity index (χ2n) is 8.03. The number of rotatable bonds is 3. The summed E-state index contributed by atoms with van der Waals surface area (Å²) >= 11 is 6.06. The zero-order valence-electron chi connectivity index (χ0n) is 17.4. The van der Waals surface area contributed by atoms with Crippen molar-refractivity contribution >= 4 is 45.6 Å². The number of nitrogens with one attached hydrogen (secondary N) is 1. The summed E-state index contributed by atoms with van der Waals surface area (Å²) in [6, 6.07) is 21.8. The normalized spacial score (nSPS) is 12.8. The zero-order valence-corrected chi connectivity index (χ0v) is 18.2. The fourth-order valence-corrected chi connectivity index (χ4v) is 4.21. The van der Waals surface area contributed by atoms with Crippen molar-refractivity contribution in [1.82, 2.24) is 4.98 Å². The molecule has 4 aromatic rings. The number of nitrogens with zero attached hydrogens (tertiary/aromatic N) is 2. The van der Waals surface area contributed by atoms with Crippen LogP contribution in [0.4, 0.5) is 17.2 Å².